The minimum absolute atomic E-state index is 0.544. The first kappa shape index (κ1) is 13.4. The van der Waals surface area contributed by atoms with Gasteiger partial charge >= 0.3 is 0 Å². The van der Waals surface area contributed by atoms with Crippen molar-refractivity contribution in [3.05, 3.63) is 36.0 Å². The van der Waals surface area contributed by atoms with Crippen molar-refractivity contribution in [2.24, 2.45) is 5.41 Å². The van der Waals surface area contributed by atoms with Gasteiger partial charge in [-0.1, -0.05) is 31.5 Å². The van der Waals surface area contributed by atoms with Crippen molar-refractivity contribution in [3.63, 3.8) is 0 Å². The van der Waals surface area contributed by atoms with Crippen LogP contribution < -0.4 is 11.1 Å². The Balaban J connectivity index is 1.68. The first-order valence-corrected chi connectivity index (χ1v) is 7.57. The summed E-state index contributed by atoms with van der Waals surface area (Å²) in [7, 11) is 0. The maximum atomic E-state index is 6.11. The highest BCUT2D eigenvalue weighted by molar-refractivity contribution is 5.90. The van der Waals surface area contributed by atoms with Gasteiger partial charge in [0.1, 0.15) is 0 Å². The number of nitrogens with two attached hydrogens (primary N) is 1. The third kappa shape index (κ3) is 2.50. The van der Waals surface area contributed by atoms with E-state index in [0.29, 0.717) is 5.41 Å². The topological polar surface area (TPSA) is 50.9 Å². The predicted molar refractivity (Wildman–Crippen MR) is 84.4 cm³/mol. The second kappa shape index (κ2) is 5.41. The van der Waals surface area contributed by atoms with Crippen molar-refractivity contribution in [2.45, 2.75) is 39.2 Å². The van der Waals surface area contributed by atoms with Crippen LogP contribution in [0.25, 0.3) is 10.9 Å². The third-order valence-corrected chi connectivity index (χ3v) is 4.77. The quantitative estimate of drug-likeness (QED) is 0.873. The van der Waals surface area contributed by atoms with Gasteiger partial charge < -0.3 is 11.1 Å². The summed E-state index contributed by atoms with van der Waals surface area (Å²) in [6.07, 6.45) is 5.39. The summed E-state index contributed by atoms with van der Waals surface area (Å²) < 4.78 is 0. The summed E-state index contributed by atoms with van der Waals surface area (Å²) in [6.45, 7) is 4.20. The molecule has 3 N–H and O–H groups in total. The Kier molecular flexibility index (Phi) is 3.62. The highest BCUT2D eigenvalue weighted by Crippen LogP contribution is 2.43. The van der Waals surface area contributed by atoms with Crippen LogP contribution in [0.3, 0.4) is 0 Å². The number of anilines is 1. The maximum absolute atomic E-state index is 6.11. The van der Waals surface area contributed by atoms with Crippen LogP contribution in [0.2, 0.25) is 0 Å². The highest BCUT2D eigenvalue weighted by Gasteiger charge is 2.34. The Morgan fingerprint density at radius 2 is 2.10 bits per heavy atom. The number of nitrogens with one attached hydrogen (secondary N) is 1. The number of hydrogen-bond donors (Lipinski definition) is 2. The second-order valence-corrected chi connectivity index (χ2v) is 6.03. The van der Waals surface area contributed by atoms with E-state index in [-0.39, 0.29) is 0 Å². The Labute approximate surface area is 120 Å². The van der Waals surface area contributed by atoms with Gasteiger partial charge in [0.2, 0.25) is 0 Å². The Morgan fingerprint density at radius 3 is 2.80 bits per heavy atom. The van der Waals surface area contributed by atoms with Crippen LogP contribution in [0, 0.1) is 5.41 Å². The minimum atomic E-state index is 0.544. The van der Waals surface area contributed by atoms with Crippen LogP contribution >= 0.6 is 0 Å². The number of aromatic nitrogens is 1. The molecule has 0 spiro atoms. The lowest BCUT2D eigenvalue weighted by molar-refractivity contribution is 0.123. The number of rotatable bonds is 5. The number of benzene rings is 1. The van der Waals surface area contributed by atoms with Crippen molar-refractivity contribution in [3.8, 4) is 0 Å². The van der Waals surface area contributed by atoms with E-state index in [1.54, 1.807) is 0 Å². The monoisotopic (exact) mass is 269 g/mol. The van der Waals surface area contributed by atoms with Crippen molar-refractivity contribution < 1.29 is 0 Å². The van der Waals surface area contributed by atoms with E-state index in [1.807, 2.05) is 30.3 Å². The number of fused-ring (bicyclic) bond motifs is 1. The van der Waals surface area contributed by atoms with Gasteiger partial charge in [0, 0.05) is 24.2 Å². The van der Waals surface area contributed by atoms with E-state index < -0.39 is 0 Å². The average molecular weight is 269 g/mol. The van der Waals surface area contributed by atoms with Crippen LogP contribution in [0.4, 0.5) is 5.69 Å². The zero-order valence-electron chi connectivity index (χ0n) is 12.2. The molecule has 1 aliphatic carbocycles. The molecular formula is C17H23N3. The zero-order chi connectivity index (χ0) is 14.0. The Hall–Kier alpha value is -1.61. The molecule has 0 unspecified atom stereocenters. The van der Waals surface area contributed by atoms with Crippen LogP contribution in [0.15, 0.2) is 30.3 Å². The standard InChI is InChI=1S/C17H23N3/c1-2-17(8-5-9-17)12-19-11-13-10-15(18)14-6-3-4-7-16(14)20-13/h3-4,6-7,10,19H,2,5,8-9,11-12H2,1H3,(H2,18,20). The van der Waals surface area contributed by atoms with Gasteiger partial charge in [0.05, 0.1) is 11.2 Å². The van der Waals surface area contributed by atoms with Gasteiger partial charge in [-0.25, -0.2) is 0 Å². The maximum Gasteiger partial charge on any atom is 0.0726 e. The molecule has 0 atom stereocenters. The molecule has 0 amide bonds. The summed E-state index contributed by atoms with van der Waals surface area (Å²) in [5, 5.41) is 4.61. The fourth-order valence-electron chi connectivity index (χ4n) is 3.14. The highest BCUT2D eigenvalue weighted by atomic mass is 14.9. The lowest BCUT2D eigenvalue weighted by atomic mass is 9.67. The van der Waals surface area contributed by atoms with Gasteiger partial charge in [0.25, 0.3) is 0 Å². The zero-order valence-corrected chi connectivity index (χ0v) is 12.2. The number of nitrogens with zero attached hydrogens (tertiary/aromatic N) is 1. The predicted octanol–water partition coefficient (Wildman–Crippen LogP) is 3.49. The average Bonchev–Trinajstić information content (AvgIpc) is 2.42. The molecule has 1 fully saturated rings. The summed E-state index contributed by atoms with van der Waals surface area (Å²) in [5.41, 5.74) is 9.49. The summed E-state index contributed by atoms with van der Waals surface area (Å²) in [4.78, 5) is 4.68. The SMILES string of the molecule is CCC1(CNCc2cc(N)c3ccccc3n2)CCC1. The second-order valence-electron chi connectivity index (χ2n) is 6.03. The van der Waals surface area contributed by atoms with E-state index in [2.05, 4.69) is 17.2 Å². The van der Waals surface area contributed by atoms with Crippen molar-refractivity contribution in [2.75, 3.05) is 12.3 Å². The molecular weight excluding hydrogens is 246 g/mol. The van der Waals surface area contributed by atoms with E-state index >= 15 is 0 Å². The molecule has 0 saturated heterocycles. The van der Waals surface area contributed by atoms with Crippen molar-refractivity contribution >= 4 is 16.6 Å². The van der Waals surface area contributed by atoms with Crippen LogP contribution in [0.1, 0.15) is 38.3 Å². The largest absolute Gasteiger partial charge is 0.398 e. The molecule has 3 rings (SSSR count). The van der Waals surface area contributed by atoms with E-state index in [9.17, 15) is 0 Å². The number of pyridine rings is 1. The van der Waals surface area contributed by atoms with E-state index in [1.165, 1.54) is 25.7 Å². The van der Waals surface area contributed by atoms with Gasteiger partial charge in [-0.3, -0.25) is 4.98 Å². The first-order valence-electron chi connectivity index (χ1n) is 7.57. The number of hydrogen-bond acceptors (Lipinski definition) is 3. The molecule has 1 saturated carbocycles. The first-order chi connectivity index (χ1) is 9.72. The van der Waals surface area contributed by atoms with Gasteiger partial charge in [-0.15, -0.1) is 0 Å². The molecule has 106 valence electrons. The van der Waals surface area contributed by atoms with Crippen LogP contribution in [0.5, 0.6) is 0 Å². The van der Waals surface area contributed by atoms with Crippen LogP contribution in [-0.2, 0) is 6.54 Å². The molecule has 1 aliphatic rings. The lowest BCUT2D eigenvalue weighted by Gasteiger charge is -2.41. The fourth-order valence-corrected chi connectivity index (χ4v) is 3.14. The minimum Gasteiger partial charge on any atom is -0.398 e. The smallest absolute Gasteiger partial charge is 0.0726 e. The molecule has 3 heteroatoms. The lowest BCUT2D eigenvalue weighted by Crippen LogP contribution is -2.39. The van der Waals surface area contributed by atoms with Gasteiger partial charge in [-0.05, 0) is 36.8 Å². The fraction of sp³-hybridized carbons (Fsp3) is 0.471. The normalized spacial score (nSPS) is 17.1. The summed E-state index contributed by atoms with van der Waals surface area (Å²) >= 11 is 0. The molecule has 0 radical (unpaired) electrons. The molecule has 1 aromatic carbocycles. The third-order valence-electron chi connectivity index (χ3n) is 4.77. The van der Waals surface area contributed by atoms with Crippen LogP contribution in [-0.4, -0.2) is 11.5 Å². The van der Waals surface area contributed by atoms with Gasteiger partial charge in [-0.2, -0.15) is 0 Å². The molecule has 0 aliphatic heterocycles. The summed E-state index contributed by atoms with van der Waals surface area (Å²) in [6, 6.07) is 10.0. The molecule has 1 heterocycles. The Bertz CT molecular complexity index is 597. The van der Waals surface area contributed by atoms with E-state index in [4.69, 9.17) is 5.73 Å². The summed E-state index contributed by atoms with van der Waals surface area (Å²) in [5.74, 6) is 0. The number of para-hydroxylation sites is 1. The molecule has 0 bridgehead atoms. The van der Waals surface area contributed by atoms with Crippen molar-refractivity contribution in [1.29, 1.82) is 0 Å². The van der Waals surface area contributed by atoms with Crippen molar-refractivity contribution in [1.82, 2.24) is 10.3 Å². The van der Waals surface area contributed by atoms with E-state index in [0.717, 1.165) is 35.4 Å². The van der Waals surface area contributed by atoms with Gasteiger partial charge in [0.15, 0.2) is 0 Å². The molecule has 2 aromatic rings. The molecule has 1 aromatic heterocycles. The molecule has 20 heavy (non-hydrogen) atoms. The number of nitrogen functional groups attached to an aromatic ring is 1. The Morgan fingerprint density at radius 1 is 1.30 bits per heavy atom. The molecule has 3 nitrogen and oxygen atoms in total.